The number of aldehydes is 1. The van der Waals surface area contributed by atoms with Gasteiger partial charge in [0.05, 0.1) is 4.83 Å². The Kier molecular flexibility index (Phi) is 2.67. The van der Waals surface area contributed by atoms with Gasteiger partial charge in [0, 0.05) is 0 Å². The molecule has 0 radical (unpaired) electrons. The first-order valence-electron chi connectivity index (χ1n) is 2.58. The molecule has 1 unspecified atom stereocenters. The normalized spacial score (nSPS) is 15.5. The average Bonchev–Trinajstić information content (AvgIpc) is 1.62. The standard InChI is InChI=1S/C6H11BrO/c1-6(2,3)5(7)4-8/h4-5H,1-3H3. The molecule has 0 spiro atoms. The number of halogens is 1. The predicted molar refractivity (Wildman–Crippen MR) is 38.2 cm³/mol. The van der Waals surface area contributed by atoms with E-state index in [1.54, 1.807) is 0 Å². The summed E-state index contributed by atoms with van der Waals surface area (Å²) in [5, 5.41) is 0. The van der Waals surface area contributed by atoms with Crippen molar-refractivity contribution in [1.82, 2.24) is 0 Å². The summed E-state index contributed by atoms with van der Waals surface area (Å²) in [5.41, 5.74) is 0.0573. The second-order valence-corrected chi connectivity index (χ2v) is 3.89. The van der Waals surface area contributed by atoms with Crippen molar-refractivity contribution in [2.45, 2.75) is 25.6 Å². The fourth-order valence-corrected chi connectivity index (χ4v) is 0.204. The van der Waals surface area contributed by atoms with Crippen LogP contribution in [-0.2, 0) is 4.79 Å². The van der Waals surface area contributed by atoms with E-state index in [4.69, 9.17) is 0 Å². The Morgan fingerprint density at radius 1 is 1.50 bits per heavy atom. The van der Waals surface area contributed by atoms with Crippen LogP contribution < -0.4 is 0 Å². The molecule has 0 N–H and O–H groups in total. The molecule has 0 aliphatic rings. The van der Waals surface area contributed by atoms with Gasteiger partial charge in [-0.2, -0.15) is 0 Å². The van der Waals surface area contributed by atoms with E-state index in [0.29, 0.717) is 0 Å². The predicted octanol–water partition coefficient (Wildman–Crippen LogP) is 1.99. The van der Waals surface area contributed by atoms with Crippen LogP contribution in [-0.4, -0.2) is 11.1 Å². The lowest BCUT2D eigenvalue weighted by atomic mass is 9.93. The summed E-state index contributed by atoms with van der Waals surface area (Å²) in [4.78, 5) is 10.1. The van der Waals surface area contributed by atoms with Gasteiger partial charge in [0.1, 0.15) is 6.29 Å². The molecule has 0 aromatic rings. The van der Waals surface area contributed by atoms with Crippen molar-refractivity contribution in [2.75, 3.05) is 0 Å². The molecule has 0 amide bonds. The SMILES string of the molecule is CC(C)(C)C(Br)C=O. The molecule has 0 bridgehead atoms. The summed E-state index contributed by atoms with van der Waals surface area (Å²) in [6.45, 7) is 6.04. The van der Waals surface area contributed by atoms with E-state index in [1.165, 1.54) is 0 Å². The Morgan fingerprint density at radius 3 is 1.88 bits per heavy atom. The lowest BCUT2D eigenvalue weighted by molar-refractivity contribution is -0.108. The van der Waals surface area contributed by atoms with Gasteiger partial charge in [0.25, 0.3) is 0 Å². The number of hydrogen-bond acceptors (Lipinski definition) is 1. The summed E-state index contributed by atoms with van der Waals surface area (Å²) in [7, 11) is 0. The van der Waals surface area contributed by atoms with Gasteiger partial charge in [0.15, 0.2) is 0 Å². The summed E-state index contributed by atoms with van der Waals surface area (Å²) in [5.74, 6) is 0. The molecule has 0 aliphatic heterocycles. The van der Waals surface area contributed by atoms with Crippen molar-refractivity contribution < 1.29 is 4.79 Å². The van der Waals surface area contributed by atoms with Crippen molar-refractivity contribution in [3.8, 4) is 0 Å². The Morgan fingerprint density at radius 2 is 1.88 bits per heavy atom. The maximum absolute atomic E-state index is 10.1. The van der Waals surface area contributed by atoms with Crippen LogP contribution in [0.15, 0.2) is 0 Å². The number of carbonyl (C=O) groups is 1. The van der Waals surface area contributed by atoms with Gasteiger partial charge in [-0.25, -0.2) is 0 Å². The van der Waals surface area contributed by atoms with Gasteiger partial charge in [-0.05, 0) is 5.41 Å². The molecule has 2 heteroatoms. The van der Waals surface area contributed by atoms with Crippen LogP contribution in [0.2, 0.25) is 0 Å². The molecule has 8 heavy (non-hydrogen) atoms. The highest BCUT2D eigenvalue weighted by Gasteiger charge is 2.20. The topological polar surface area (TPSA) is 17.1 Å². The summed E-state index contributed by atoms with van der Waals surface area (Å²) in [6, 6.07) is 0. The minimum absolute atomic E-state index is 0.0185. The third-order valence-corrected chi connectivity index (χ3v) is 2.54. The second kappa shape index (κ2) is 2.62. The van der Waals surface area contributed by atoms with Gasteiger partial charge >= 0.3 is 0 Å². The van der Waals surface area contributed by atoms with Crippen molar-refractivity contribution in [3.63, 3.8) is 0 Å². The van der Waals surface area contributed by atoms with Crippen LogP contribution in [0.3, 0.4) is 0 Å². The zero-order valence-corrected chi connectivity index (χ0v) is 7.03. The molecule has 0 rings (SSSR count). The molecule has 0 saturated heterocycles. The highest BCUT2D eigenvalue weighted by molar-refractivity contribution is 9.10. The monoisotopic (exact) mass is 178 g/mol. The Hall–Kier alpha value is 0.150. The smallest absolute Gasteiger partial charge is 0.134 e. The fourth-order valence-electron chi connectivity index (χ4n) is 0.204. The first-order chi connectivity index (χ1) is 3.48. The largest absolute Gasteiger partial charge is 0.302 e. The first-order valence-corrected chi connectivity index (χ1v) is 3.49. The molecule has 1 nitrogen and oxygen atoms in total. The van der Waals surface area contributed by atoms with Crippen molar-refractivity contribution in [2.24, 2.45) is 5.41 Å². The van der Waals surface area contributed by atoms with E-state index in [1.807, 2.05) is 20.8 Å². The Labute approximate surface area is 58.6 Å². The molecule has 0 aliphatic carbocycles. The van der Waals surface area contributed by atoms with E-state index in [9.17, 15) is 4.79 Å². The third kappa shape index (κ3) is 2.46. The summed E-state index contributed by atoms with van der Waals surface area (Å²) < 4.78 is 0. The maximum Gasteiger partial charge on any atom is 0.134 e. The Balaban J connectivity index is 3.80. The van der Waals surface area contributed by atoms with Crippen molar-refractivity contribution in [1.29, 1.82) is 0 Å². The van der Waals surface area contributed by atoms with Gasteiger partial charge in [-0.1, -0.05) is 36.7 Å². The van der Waals surface area contributed by atoms with E-state index in [2.05, 4.69) is 15.9 Å². The molecule has 0 aromatic heterocycles. The summed E-state index contributed by atoms with van der Waals surface area (Å²) >= 11 is 3.23. The van der Waals surface area contributed by atoms with E-state index in [0.717, 1.165) is 6.29 Å². The Bertz CT molecular complexity index is 83.0. The van der Waals surface area contributed by atoms with Gasteiger partial charge in [0.2, 0.25) is 0 Å². The third-order valence-electron chi connectivity index (χ3n) is 0.947. The first kappa shape index (κ1) is 8.15. The van der Waals surface area contributed by atoms with Gasteiger partial charge in [-0.15, -0.1) is 0 Å². The second-order valence-electron chi connectivity index (χ2n) is 2.90. The highest BCUT2D eigenvalue weighted by atomic mass is 79.9. The van der Waals surface area contributed by atoms with Crippen LogP contribution in [0.1, 0.15) is 20.8 Å². The van der Waals surface area contributed by atoms with Crippen LogP contribution in [0, 0.1) is 5.41 Å². The molecule has 0 fully saturated rings. The highest BCUT2D eigenvalue weighted by Crippen LogP contribution is 2.23. The van der Waals surface area contributed by atoms with Crippen LogP contribution in [0.5, 0.6) is 0 Å². The van der Waals surface area contributed by atoms with E-state index in [-0.39, 0.29) is 10.2 Å². The number of rotatable bonds is 1. The summed E-state index contributed by atoms with van der Waals surface area (Å²) in [6.07, 6.45) is 0.917. The number of hydrogen-bond donors (Lipinski definition) is 0. The molecule has 0 heterocycles. The zero-order valence-electron chi connectivity index (χ0n) is 5.44. The molecule has 48 valence electrons. The van der Waals surface area contributed by atoms with Crippen LogP contribution >= 0.6 is 15.9 Å². The van der Waals surface area contributed by atoms with Crippen LogP contribution in [0.25, 0.3) is 0 Å². The molecule has 0 saturated carbocycles. The quantitative estimate of drug-likeness (QED) is 0.444. The molecular formula is C6H11BrO. The molecule has 0 aromatic carbocycles. The maximum atomic E-state index is 10.1. The van der Waals surface area contributed by atoms with E-state index < -0.39 is 0 Å². The van der Waals surface area contributed by atoms with Crippen molar-refractivity contribution >= 4 is 22.2 Å². The van der Waals surface area contributed by atoms with Gasteiger partial charge in [-0.3, -0.25) is 0 Å². The number of carbonyl (C=O) groups excluding carboxylic acids is 1. The van der Waals surface area contributed by atoms with Crippen molar-refractivity contribution in [3.05, 3.63) is 0 Å². The fraction of sp³-hybridized carbons (Fsp3) is 0.833. The lowest BCUT2D eigenvalue weighted by Gasteiger charge is -2.19. The molecule has 1 atom stereocenters. The van der Waals surface area contributed by atoms with E-state index >= 15 is 0 Å². The van der Waals surface area contributed by atoms with Crippen LogP contribution in [0.4, 0.5) is 0 Å². The average molecular weight is 179 g/mol. The lowest BCUT2D eigenvalue weighted by Crippen LogP contribution is -2.20. The zero-order chi connectivity index (χ0) is 6.78. The van der Waals surface area contributed by atoms with Gasteiger partial charge < -0.3 is 4.79 Å². The minimum Gasteiger partial charge on any atom is -0.302 e. The minimum atomic E-state index is -0.0185. The number of alkyl halides is 1. The molecular weight excluding hydrogens is 168 g/mol.